The summed E-state index contributed by atoms with van der Waals surface area (Å²) in [6.45, 7) is 0.249. The molecule has 0 fully saturated rings. The highest BCUT2D eigenvalue weighted by Gasteiger charge is 2.30. The van der Waals surface area contributed by atoms with Crippen LogP contribution >= 0.6 is 0 Å². The zero-order chi connectivity index (χ0) is 19.6. The minimum atomic E-state index is -0.641. The molecule has 0 spiro atoms. The van der Waals surface area contributed by atoms with Crippen molar-refractivity contribution in [2.45, 2.75) is 19.5 Å². The number of hydrogen-bond donors (Lipinski definition) is 4. The van der Waals surface area contributed by atoms with Crippen molar-refractivity contribution < 1.29 is 24.5 Å². The third kappa shape index (κ3) is 3.34. The highest BCUT2D eigenvalue weighted by Crippen LogP contribution is 2.26. The van der Waals surface area contributed by atoms with Gasteiger partial charge in [0.2, 0.25) is 0 Å². The highest BCUT2D eigenvalue weighted by molar-refractivity contribution is 6.23. The molecule has 0 atom stereocenters. The van der Waals surface area contributed by atoms with Crippen LogP contribution in [0.5, 0.6) is 0 Å². The minimum absolute atomic E-state index is 0.0151. The summed E-state index contributed by atoms with van der Waals surface area (Å²) in [5, 5.41) is 17.9. The van der Waals surface area contributed by atoms with Gasteiger partial charge in [0.15, 0.2) is 23.0 Å². The molecular weight excluding hydrogens is 358 g/mol. The number of aliphatic imine (C=N–C) groups is 1. The quantitative estimate of drug-likeness (QED) is 0.409. The second-order valence-corrected chi connectivity index (χ2v) is 5.86. The van der Waals surface area contributed by atoms with Crippen LogP contribution in [-0.2, 0) is 27.4 Å². The van der Waals surface area contributed by atoms with E-state index in [-0.39, 0.29) is 66.4 Å². The zero-order valence-electron chi connectivity index (χ0n) is 14.6. The molecule has 11 heteroatoms. The molecule has 2 aliphatic rings. The summed E-state index contributed by atoms with van der Waals surface area (Å²) >= 11 is 0. The van der Waals surface area contributed by atoms with Gasteiger partial charge >= 0.3 is 0 Å². The van der Waals surface area contributed by atoms with Crippen molar-refractivity contribution in [3.63, 3.8) is 0 Å². The fraction of sp³-hybridized carbons (Fsp3) is 0.438. The van der Waals surface area contributed by atoms with Crippen LogP contribution in [0, 0.1) is 0 Å². The molecule has 3 rings (SSSR count). The number of aromatic nitrogens is 2. The van der Waals surface area contributed by atoms with E-state index in [0.717, 1.165) is 6.42 Å². The lowest BCUT2D eigenvalue weighted by atomic mass is 10.1. The first-order valence-corrected chi connectivity index (χ1v) is 8.41. The Balaban J connectivity index is 2.07. The van der Waals surface area contributed by atoms with Crippen molar-refractivity contribution in [2.75, 3.05) is 32.2 Å². The van der Waals surface area contributed by atoms with Crippen molar-refractivity contribution in [1.29, 1.82) is 0 Å². The predicted molar refractivity (Wildman–Crippen MR) is 95.2 cm³/mol. The molecule has 1 aromatic heterocycles. The van der Waals surface area contributed by atoms with E-state index in [0.29, 0.717) is 13.1 Å². The van der Waals surface area contributed by atoms with E-state index in [1.54, 1.807) is 4.68 Å². The first-order valence-electron chi connectivity index (χ1n) is 8.41. The second-order valence-electron chi connectivity index (χ2n) is 5.86. The van der Waals surface area contributed by atoms with E-state index in [1.807, 2.05) is 0 Å². The third-order valence-electron chi connectivity index (χ3n) is 4.13. The van der Waals surface area contributed by atoms with Crippen molar-refractivity contribution in [3.8, 4) is 0 Å². The van der Waals surface area contributed by atoms with Gasteiger partial charge in [0.25, 0.3) is 11.3 Å². The van der Waals surface area contributed by atoms with Gasteiger partial charge in [0.1, 0.15) is 18.9 Å². The highest BCUT2D eigenvalue weighted by atomic mass is 16.5. The number of ether oxygens (including phenoxy) is 2. The molecule has 2 heterocycles. The molecule has 0 unspecified atom stereocenters. The average molecular weight is 379 g/mol. The van der Waals surface area contributed by atoms with Crippen LogP contribution in [0.2, 0.25) is 0 Å². The Kier molecular flexibility index (Phi) is 5.33. The number of allylic oxidation sites excluding steroid dienone is 1. The zero-order valence-corrected chi connectivity index (χ0v) is 14.6. The SMILES string of the molecule is NC1=C(OCCO)C(=O)C(OCCO)=C/C1=N\c1c(N)n2n(c1=O)CCC2. The van der Waals surface area contributed by atoms with Gasteiger partial charge in [-0.1, -0.05) is 0 Å². The van der Waals surface area contributed by atoms with E-state index in [2.05, 4.69) is 4.99 Å². The second kappa shape index (κ2) is 7.68. The number of rotatable bonds is 7. The molecule has 146 valence electrons. The number of anilines is 1. The van der Waals surface area contributed by atoms with Crippen LogP contribution < -0.4 is 17.0 Å². The van der Waals surface area contributed by atoms with Crippen LogP contribution in [-0.4, -0.2) is 57.5 Å². The van der Waals surface area contributed by atoms with Gasteiger partial charge < -0.3 is 31.2 Å². The molecular formula is C16H21N5O6. The monoisotopic (exact) mass is 379 g/mol. The third-order valence-corrected chi connectivity index (χ3v) is 4.13. The van der Waals surface area contributed by atoms with Crippen LogP contribution in [0.4, 0.5) is 11.5 Å². The van der Waals surface area contributed by atoms with Crippen LogP contribution in [0.1, 0.15) is 6.42 Å². The number of ketones is 1. The number of nitrogens with zero attached hydrogens (tertiary/aromatic N) is 3. The molecule has 1 aliphatic heterocycles. The standard InChI is InChI=1S/C16H21N5O6/c17-11-9(19-12-15(18)20-2-1-3-21(20)16(12)25)8-10(26-6-4-22)13(24)14(11)27-7-5-23/h8,22-23H,1-7,17-18H2/b19-9+. The van der Waals surface area contributed by atoms with Gasteiger partial charge in [0.05, 0.1) is 18.9 Å². The van der Waals surface area contributed by atoms with Gasteiger partial charge in [0, 0.05) is 19.2 Å². The summed E-state index contributed by atoms with van der Waals surface area (Å²) in [5.74, 6) is -0.824. The smallest absolute Gasteiger partial charge is 0.294 e. The van der Waals surface area contributed by atoms with E-state index in [1.165, 1.54) is 10.8 Å². The summed E-state index contributed by atoms with van der Waals surface area (Å²) in [5.41, 5.74) is 11.7. The number of carbonyl (C=O) groups is 1. The number of aliphatic hydroxyl groups is 2. The van der Waals surface area contributed by atoms with E-state index >= 15 is 0 Å². The maximum atomic E-state index is 12.5. The lowest BCUT2D eigenvalue weighted by Crippen LogP contribution is -2.28. The number of aliphatic hydroxyl groups excluding tert-OH is 2. The Morgan fingerprint density at radius 2 is 1.74 bits per heavy atom. The Bertz CT molecular complexity index is 907. The normalized spacial score (nSPS) is 18.1. The maximum Gasteiger partial charge on any atom is 0.294 e. The number of Topliss-reactive ketones (excluding diaryl/α,β-unsaturated/α-hetero) is 1. The summed E-state index contributed by atoms with van der Waals surface area (Å²) < 4.78 is 13.6. The molecule has 1 aliphatic carbocycles. The van der Waals surface area contributed by atoms with Gasteiger partial charge in [-0.25, -0.2) is 9.67 Å². The molecule has 6 N–H and O–H groups in total. The van der Waals surface area contributed by atoms with Crippen molar-refractivity contribution in [3.05, 3.63) is 33.6 Å². The first kappa shape index (κ1) is 18.7. The number of nitrogens with two attached hydrogens (primary N) is 2. The van der Waals surface area contributed by atoms with Gasteiger partial charge in [-0.2, -0.15) is 0 Å². The number of fused-ring (bicyclic) bond motifs is 1. The van der Waals surface area contributed by atoms with E-state index in [9.17, 15) is 9.59 Å². The fourth-order valence-electron chi connectivity index (χ4n) is 2.92. The topological polar surface area (TPSA) is 167 Å². The molecule has 0 amide bonds. The predicted octanol–water partition coefficient (Wildman–Crippen LogP) is -1.64. The van der Waals surface area contributed by atoms with Crippen LogP contribution in [0.25, 0.3) is 0 Å². The van der Waals surface area contributed by atoms with E-state index in [4.69, 9.17) is 31.2 Å². The molecule has 0 saturated heterocycles. The summed E-state index contributed by atoms with van der Waals surface area (Å²) in [4.78, 5) is 29.2. The Hall–Kier alpha value is -3.05. The van der Waals surface area contributed by atoms with Crippen molar-refractivity contribution in [1.82, 2.24) is 9.36 Å². The van der Waals surface area contributed by atoms with Gasteiger partial charge in [-0.15, -0.1) is 0 Å². The van der Waals surface area contributed by atoms with Crippen LogP contribution in [0.3, 0.4) is 0 Å². The van der Waals surface area contributed by atoms with Gasteiger partial charge in [-0.3, -0.25) is 14.3 Å². The lowest BCUT2D eigenvalue weighted by molar-refractivity contribution is -0.119. The Labute approximate surface area is 153 Å². The van der Waals surface area contributed by atoms with Crippen molar-refractivity contribution >= 4 is 23.0 Å². The molecule has 27 heavy (non-hydrogen) atoms. The van der Waals surface area contributed by atoms with E-state index < -0.39 is 5.78 Å². The summed E-state index contributed by atoms with van der Waals surface area (Å²) in [7, 11) is 0. The average Bonchev–Trinajstić information content (AvgIpc) is 3.22. The van der Waals surface area contributed by atoms with Gasteiger partial charge in [-0.05, 0) is 6.42 Å². The number of hydrogen-bond acceptors (Lipinski definition) is 9. The molecule has 0 bridgehead atoms. The Morgan fingerprint density at radius 1 is 1.07 bits per heavy atom. The van der Waals surface area contributed by atoms with Crippen LogP contribution in [0.15, 0.2) is 33.1 Å². The lowest BCUT2D eigenvalue weighted by Gasteiger charge is -2.19. The minimum Gasteiger partial charge on any atom is -0.487 e. The Morgan fingerprint density at radius 3 is 2.41 bits per heavy atom. The molecule has 0 saturated carbocycles. The molecule has 0 aromatic carbocycles. The first-order chi connectivity index (χ1) is 13.0. The molecule has 11 nitrogen and oxygen atoms in total. The largest absolute Gasteiger partial charge is 0.487 e. The molecule has 0 radical (unpaired) electrons. The number of nitrogen functional groups attached to an aromatic ring is 1. The molecule has 1 aromatic rings. The van der Waals surface area contributed by atoms with Crippen molar-refractivity contribution in [2.24, 2.45) is 10.7 Å². The number of carbonyl (C=O) groups excluding carboxylic acids is 1. The summed E-state index contributed by atoms with van der Waals surface area (Å²) in [6, 6.07) is 0. The fourth-order valence-corrected chi connectivity index (χ4v) is 2.92. The maximum absolute atomic E-state index is 12.5. The summed E-state index contributed by atoms with van der Waals surface area (Å²) in [6.07, 6.45) is 2.08.